The molecule has 1 aliphatic rings. The van der Waals surface area contributed by atoms with Crippen LogP contribution in [-0.2, 0) is 4.79 Å². The number of nitrogens with one attached hydrogen (secondary N) is 1. The average molecular weight is 213 g/mol. The van der Waals surface area contributed by atoms with Crippen LogP contribution in [0.4, 0.5) is 0 Å². The van der Waals surface area contributed by atoms with Crippen molar-refractivity contribution in [3.8, 4) is 0 Å². The maximum Gasteiger partial charge on any atom is 0.224 e. The summed E-state index contributed by atoms with van der Waals surface area (Å²) >= 11 is 0. The van der Waals surface area contributed by atoms with Gasteiger partial charge in [-0.3, -0.25) is 4.79 Å². The molecule has 1 saturated heterocycles. The van der Waals surface area contributed by atoms with Gasteiger partial charge in [0, 0.05) is 13.6 Å². The number of piperidine rings is 1. The Kier molecular flexibility index (Phi) is 5.65. The molecule has 0 radical (unpaired) electrons. The molecule has 1 atom stereocenters. The largest absolute Gasteiger partial charge is 0.359 e. The van der Waals surface area contributed by atoms with Gasteiger partial charge in [0.25, 0.3) is 0 Å². The van der Waals surface area contributed by atoms with E-state index in [0.29, 0.717) is 0 Å². The zero-order chi connectivity index (χ0) is 11.1. The molecule has 4 heteroatoms. The Morgan fingerprint density at radius 3 is 3.00 bits per heavy atom. The van der Waals surface area contributed by atoms with Gasteiger partial charge in [0.15, 0.2) is 0 Å². The van der Waals surface area contributed by atoms with Gasteiger partial charge < -0.3 is 16.0 Å². The minimum absolute atomic E-state index is 0.193. The molecule has 0 bridgehead atoms. The molecule has 3 N–H and O–H groups in total. The monoisotopic (exact) mass is 213 g/mol. The predicted octanol–water partition coefficient (Wildman–Crippen LogP) is 0.183. The fourth-order valence-corrected chi connectivity index (χ4v) is 2.16. The minimum atomic E-state index is 0.193. The van der Waals surface area contributed by atoms with Gasteiger partial charge in [-0.25, -0.2) is 0 Å². The number of carbonyl (C=O) groups excluding carboxylic acids is 1. The number of hydrogen-bond acceptors (Lipinski definition) is 3. The van der Waals surface area contributed by atoms with E-state index in [0.717, 1.165) is 51.9 Å². The number of hydrogen-bond donors (Lipinski definition) is 2. The fourth-order valence-electron chi connectivity index (χ4n) is 2.16. The van der Waals surface area contributed by atoms with Gasteiger partial charge in [-0.15, -0.1) is 0 Å². The Morgan fingerprint density at radius 1 is 1.53 bits per heavy atom. The molecule has 15 heavy (non-hydrogen) atoms. The number of nitrogens with zero attached hydrogens (tertiary/aromatic N) is 1. The van der Waals surface area contributed by atoms with Crippen LogP contribution in [0.25, 0.3) is 0 Å². The summed E-state index contributed by atoms with van der Waals surface area (Å²) < 4.78 is 0. The van der Waals surface area contributed by atoms with Crippen molar-refractivity contribution >= 4 is 5.91 Å². The van der Waals surface area contributed by atoms with Crippen molar-refractivity contribution in [2.45, 2.75) is 25.7 Å². The molecule has 0 aliphatic carbocycles. The summed E-state index contributed by atoms with van der Waals surface area (Å²) in [6.07, 6.45) is 4.41. The number of amides is 1. The van der Waals surface area contributed by atoms with Gasteiger partial charge >= 0.3 is 0 Å². The SMILES string of the molecule is CNC(=O)C1CCCN(CCCCN)C1. The first-order valence-corrected chi connectivity index (χ1v) is 5.92. The summed E-state index contributed by atoms with van der Waals surface area (Å²) in [6.45, 7) is 3.92. The Balaban J connectivity index is 2.26. The molecular weight excluding hydrogens is 190 g/mol. The molecule has 1 rings (SSSR count). The normalized spacial score (nSPS) is 22.7. The van der Waals surface area contributed by atoms with E-state index >= 15 is 0 Å². The van der Waals surface area contributed by atoms with E-state index in [-0.39, 0.29) is 11.8 Å². The lowest BCUT2D eigenvalue weighted by Crippen LogP contribution is -2.42. The third-order valence-corrected chi connectivity index (χ3v) is 3.05. The first-order chi connectivity index (χ1) is 7.27. The Labute approximate surface area is 92.2 Å². The molecule has 0 aromatic rings. The number of likely N-dealkylation sites (tertiary alicyclic amines) is 1. The lowest BCUT2D eigenvalue weighted by atomic mass is 9.97. The van der Waals surface area contributed by atoms with Crippen molar-refractivity contribution < 1.29 is 4.79 Å². The molecule has 1 heterocycles. The molecular formula is C11H23N3O. The second kappa shape index (κ2) is 6.80. The molecule has 1 aliphatic heterocycles. The smallest absolute Gasteiger partial charge is 0.224 e. The van der Waals surface area contributed by atoms with Crippen molar-refractivity contribution in [1.82, 2.24) is 10.2 Å². The quantitative estimate of drug-likeness (QED) is 0.641. The van der Waals surface area contributed by atoms with Crippen molar-refractivity contribution in [1.29, 1.82) is 0 Å². The highest BCUT2D eigenvalue weighted by Gasteiger charge is 2.24. The molecule has 0 spiro atoms. The summed E-state index contributed by atoms with van der Waals surface area (Å²) in [5, 5.41) is 2.74. The van der Waals surface area contributed by atoms with E-state index in [1.54, 1.807) is 7.05 Å². The summed E-state index contributed by atoms with van der Waals surface area (Å²) in [5.41, 5.74) is 5.46. The number of rotatable bonds is 5. The van der Waals surface area contributed by atoms with Crippen molar-refractivity contribution in [2.75, 3.05) is 33.2 Å². The van der Waals surface area contributed by atoms with E-state index in [4.69, 9.17) is 5.73 Å². The molecule has 1 fully saturated rings. The lowest BCUT2D eigenvalue weighted by molar-refractivity contribution is -0.126. The standard InChI is InChI=1S/C11H23N3O/c1-13-11(15)10-5-4-8-14(9-10)7-3-2-6-12/h10H,2-9,12H2,1H3,(H,13,15). The Bertz CT molecular complexity index is 196. The molecule has 0 aromatic carbocycles. The summed E-state index contributed by atoms with van der Waals surface area (Å²) in [5.74, 6) is 0.389. The summed E-state index contributed by atoms with van der Waals surface area (Å²) in [4.78, 5) is 13.9. The van der Waals surface area contributed by atoms with Crippen LogP contribution in [0.15, 0.2) is 0 Å². The maximum absolute atomic E-state index is 11.5. The van der Waals surface area contributed by atoms with E-state index in [9.17, 15) is 4.79 Å². The van der Waals surface area contributed by atoms with Crippen LogP contribution in [0.2, 0.25) is 0 Å². The summed E-state index contributed by atoms with van der Waals surface area (Å²) in [6, 6.07) is 0. The van der Waals surface area contributed by atoms with E-state index in [1.807, 2.05) is 0 Å². The molecule has 4 nitrogen and oxygen atoms in total. The van der Waals surface area contributed by atoms with Gasteiger partial charge in [-0.2, -0.15) is 0 Å². The predicted molar refractivity (Wildman–Crippen MR) is 61.5 cm³/mol. The summed E-state index contributed by atoms with van der Waals surface area (Å²) in [7, 11) is 1.72. The number of unbranched alkanes of at least 4 members (excludes halogenated alkanes) is 1. The first kappa shape index (κ1) is 12.5. The number of nitrogens with two attached hydrogens (primary N) is 1. The van der Waals surface area contributed by atoms with Gasteiger partial charge in [0.2, 0.25) is 5.91 Å². The highest BCUT2D eigenvalue weighted by Crippen LogP contribution is 2.16. The second-order valence-electron chi connectivity index (χ2n) is 4.25. The van der Waals surface area contributed by atoms with E-state index in [2.05, 4.69) is 10.2 Å². The fraction of sp³-hybridized carbons (Fsp3) is 0.909. The van der Waals surface area contributed by atoms with Gasteiger partial charge in [0.05, 0.1) is 5.92 Å². The van der Waals surface area contributed by atoms with Crippen LogP contribution in [0.5, 0.6) is 0 Å². The van der Waals surface area contributed by atoms with Crippen LogP contribution in [0.3, 0.4) is 0 Å². The van der Waals surface area contributed by atoms with Crippen LogP contribution >= 0.6 is 0 Å². The average Bonchev–Trinajstić information content (AvgIpc) is 2.29. The molecule has 0 saturated carbocycles. The van der Waals surface area contributed by atoms with Crippen LogP contribution in [0, 0.1) is 5.92 Å². The lowest BCUT2D eigenvalue weighted by Gasteiger charge is -2.31. The molecule has 1 unspecified atom stereocenters. The molecule has 0 aromatic heterocycles. The van der Waals surface area contributed by atoms with Crippen LogP contribution < -0.4 is 11.1 Å². The topological polar surface area (TPSA) is 58.4 Å². The highest BCUT2D eigenvalue weighted by molar-refractivity contribution is 5.78. The number of carbonyl (C=O) groups is 1. The van der Waals surface area contributed by atoms with E-state index < -0.39 is 0 Å². The third kappa shape index (κ3) is 4.18. The Hall–Kier alpha value is -0.610. The van der Waals surface area contributed by atoms with Crippen molar-refractivity contribution in [3.63, 3.8) is 0 Å². The maximum atomic E-state index is 11.5. The minimum Gasteiger partial charge on any atom is -0.359 e. The molecule has 88 valence electrons. The van der Waals surface area contributed by atoms with Gasteiger partial charge in [-0.05, 0) is 45.3 Å². The first-order valence-electron chi connectivity index (χ1n) is 5.92. The van der Waals surface area contributed by atoms with Gasteiger partial charge in [-0.1, -0.05) is 0 Å². The van der Waals surface area contributed by atoms with E-state index in [1.165, 1.54) is 0 Å². The van der Waals surface area contributed by atoms with Crippen LogP contribution in [0.1, 0.15) is 25.7 Å². The Morgan fingerprint density at radius 2 is 2.33 bits per heavy atom. The van der Waals surface area contributed by atoms with Crippen LogP contribution in [-0.4, -0.2) is 44.0 Å². The zero-order valence-corrected chi connectivity index (χ0v) is 9.67. The van der Waals surface area contributed by atoms with Crippen molar-refractivity contribution in [3.05, 3.63) is 0 Å². The van der Waals surface area contributed by atoms with Gasteiger partial charge in [0.1, 0.15) is 0 Å². The highest BCUT2D eigenvalue weighted by atomic mass is 16.1. The second-order valence-corrected chi connectivity index (χ2v) is 4.25. The third-order valence-electron chi connectivity index (χ3n) is 3.05. The molecule has 1 amide bonds. The van der Waals surface area contributed by atoms with Crippen molar-refractivity contribution in [2.24, 2.45) is 11.7 Å². The zero-order valence-electron chi connectivity index (χ0n) is 9.67.